The van der Waals surface area contributed by atoms with E-state index in [-0.39, 0.29) is 23.5 Å². The van der Waals surface area contributed by atoms with Crippen molar-refractivity contribution in [3.63, 3.8) is 0 Å². The highest BCUT2D eigenvalue weighted by atomic mass is 32.2. The Labute approximate surface area is 196 Å². The van der Waals surface area contributed by atoms with Gasteiger partial charge in [0.05, 0.1) is 17.9 Å². The van der Waals surface area contributed by atoms with Gasteiger partial charge >= 0.3 is 5.97 Å². The molecule has 1 saturated heterocycles. The molecule has 0 aliphatic carbocycles. The minimum absolute atomic E-state index is 0.0304. The Morgan fingerprint density at radius 1 is 1.03 bits per heavy atom. The second kappa shape index (κ2) is 11.4. The number of piperidine rings is 1. The average molecular weight is 473 g/mol. The summed E-state index contributed by atoms with van der Waals surface area (Å²) in [6, 6.07) is 14.1. The van der Waals surface area contributed by atoms with Crippen molar-refractivity contribution in [2.75, 3.05) is 25.0 Å². The lowest BCUT2D eigenvalue weighted by atomic mass is 9.97. The lowest BCUT2D eigenvalue weighted by Gasteiger charge is -2.30. The highest BCUT2D eigenvalue weighted by Gasteiger charge is 2.31. The average Bonchev–Trinajstić information content (AvgIpc) is 2.81. The molecule has 0 saturated carbocycles. The van der Waals surface area contributed by atoms with Crippen LogP contribution in [-0.2, 0) is 25.3 Å². The zero-order valence-electron chi connectivity index (χ0n) is 19.2. The molecule has 2 aromatic rings. The summed E-state index contributed by atoms with van der Waals surface area (Å²) in [6.07, 6.45) is 2.73. The van der Waals surface area contributed by atoms with Crippen LogP contribution in [0.1, 0.15) is 54.1 Å². The second-order valence-corrected chi connectivity index (χ2v) is 10.4. The number of unbranched alkanes of at least 4 members (excludes halogenated alkanes) is 1. The zero-order valence-corrected chi connectivity index (χ0v) is 20.1. The number of rotatable bonds is 9. The Hall–Kier alpha value is -2.71. The first-order valence-corrected chi connectivity index (χ1v) is 13.0. The summed E-state index contributed by atoms with van der Waals surface area (Å²) in [5, 5.41) is 2.87. The number of benzene rings is 2. The molecule has 0 spiro atoms. The number of esters is 1. The van der Waals surface area contributed by atoms with Gasteiger partial charge in [0.15, 0.2) is 0 Å². The van der Waals surface area contributed by atoms with Gasteiger partial charge in [0.25, 0.3) is 0 Å². The predicted molar refractivity (Wildman–Crippen MR) is 128 cm³/mol. The van der Waals surface area contributed by atoms with Gasteiger partial charge in [-0.15, -0.1) is 0 Å². The van der Waals surface area contributed by atoms with Crippen molar-refractivity contribution in [3.8, 4) is 0 Å². The molecule has 0 bridgehead atoms. The maximum Gasteiger partial charge on any atom is 0.338 e. The molecular weight excluding hydrogens is 440 g/mol. The third-order valence-corrected chi connectivity index (χ3v) is 7.66. The molecule has 0 aromatic heterocycles. The van der Waals surface area contributed by atoms with E-state index in [9.17, 15) is 18.0 Å². The normalized spacial score (nSPS) is 15.2. The third-order valence-electron chi connectivity index (χ3n) is 5.81. The monoisotopic (exact) mass is 472 g/mol. The highest BCUT2D eigenvalue weighted by Crippen LogP contribution is 2.23. The molecule has 1 aliphatic rings. The van der Waals surface area contributed by atoms with Crippen molar-refractivity contribution in [3.05, 3.63) is 65.2 Å². The molecule has 1 heterocycles. The minimum atomic E-state index is -3.42. The van der Waals surface area contributed by atoms with Gasteiger partial charge in [0.1, 0.15) is 0 Å². The van der Waals surface area contributed by atoms with Gasteiger partial charge in [-0.05, 0) is 56.0 Å². The summed E-state index contributed by atoms with van der Waals surface area (Å²) >= 11 is 0. The van der Waals surface area contributed by atoms with Gasteiger partial charge in [-0.3, -0.25) is 4.79 Å². The van der Waals surface area contributed by atoms with Gasteiger partial charge in [-0.2, -0.15) is 0 Å². The topological polar surface area (TPSA) is 92.8 Å². The van der Waals surface area contributed by atoms with Crippen LogP contribution in [0, 0.1) is 12.8 Å². The Morgan fingerprint density at radius 3 is 2.27 bits per heavy atom. The number of hydrogen-bond donors (Lipinski definition) is 1. The number of amides is 1. The van der Waals surface area contributed by atoms with Crippen LogP contribution in [0.25, 0.3) is 0 Å². The van der Waals surface area contributed by atoms with E-state index >= 15 is 0 Å². The summed E-state index contributed by atoms with van der Waals surface area (Å²) in [5.74, 6) is -0.795. The van der Waals surface area contributed by atoms with Gasteiger partial charge in [0.2, 0.25) is 15.9 Å². The largest absolute Gasteiger partial charge is 0.462 e. The molecule has 1 fully saturated rings. The predicted octanol–water partition coefficient (Wildman–Crippen LogP) is 4.13. The third kappa shape index (κ3) is 7.14. The first-order chi connectivity index (χ1) is 15.8. The maximum atomic E-state index is 12.8. The fourth-order valence-corrected chi connectivity index (χ4v) is 5.27. The van der Waals surface area contributed by atoms with Crippen molar-refractivity contribution in [1.82, 2.24) is 4.31 Å². The molecule has 178 valence electrons. The molecule has 33 heavy (non-hydrogen) atoms. The molecule has 7 nitrogen and oxygen atoms in total. The summed E-state index contributed by atoms with van der Waals surface area (Å²) in [4.78, 5) is 24.6. The SMILES string of the molecule is CCCCOC(=O)c1ccc(NC(=O)C2CCN(S(=O)(=O)Cc3ccc(C)cc3)CC2)cc1. The van der Waals surface area contributed by atoms with Gasteiger partial charge in [-0.1, -0.05) is 43.2 Å². The number of sulfonamides is 1. The standard InChI is InChI=1S/C25H32N2O5S/c1-3-4-17-32-25(29)22-9-11-23(12-10-22)26-24(28)21-13-15-27(16-14-21)33(30,31)18-20-7-5-19(2)6-8-20/h5-12,21H,3-4,13-18H2,1-2H3,(H,26,28). The fourth-order valence-electron chi connectivity index (χ4n) is 3.71. The van der Waals surface area contributed by atoms with E-state index < -0.39 is 10.0 Å². The highest BCUT2D eigenvalue weighted by molar-refractivity contribution is 7.88. The summed E-state index contributed by atoms with van der Waals surface area (Å²) < 4.78 is 32.2. The zero-order chi connectivity index (χ0) is 23.8. The first-order valence-electron chi connectivity index (χ1n) is 11.4. The molecule has 0 unspecified atom stereocenters. The van der Waals surface area contributed by atoms with Gasteiger partial charge in [0, 0.05) is 24.7 Å². The van der Waals surface area contributed by atoms with Crippen LogP contribution < -0.4 is 5.32 Å². The van der Waals surface area contributed by atoms with Crippen molar-refractivity contribution < 1.29 is 22.7 Å². The Morgan fingerprint density at radius 2 is 1.67 bits per heavy atom. The smallest absolute Gasteiger partial charge is 0.338 e. The van der Waals surface area contributed by atoms with E-state index in [4.69, 9.17) is 4.74 Å². The fraction of sp³-hybridized carbons (Fsp3) is 0.440. The molecule has 1 N–H and O–H groups in total. The number of nitrogens with one attached hydrogen (secondary N) is 1. The molecular formula is C25H32N2O5S. The van der Waals surface area contributed by atoms with Crippen molar-refractivity contribution in [1.29, 1.82) is 0 Å². The Kier molecular flexibility index (Phi) is 8.63. The van der Waals surface area contributed by atoms with E-state index in [0.717, 1.165) is 24.0 Å². The maximum absolute atomic E-state index is 12.8. The van der Waals surface area contributed by atoms with Crippen molar-refractivity contribution in [2.45, 2.75) is 45.3 Å². The Bertz CT molecular complexity index is 1040. The molecule has 0 radical (unpaired) electrons. The van der Waals surface area contributed by atoms with E-state index in [0.29, 0.717) is 43.8 Å². The van der Waals surface area contributed by atoms with Crippen LogP contribution in [0.3, 0.4) is 0 Å². The summed E-state index contributed by atoms with van der Waals surface area (Å²) in [6.45, 7) is 5.04. The van der Waals surface area contributed by atoms with Crippen molar-refractivity contribution in [2.24, 2.45) is 5.92 Å². The number of nitrogens with zero attached hydrogens (tertiary/aromatic N) is 1. The molecule has 3 rings (SSSR count). The molecule has 8 heteroatoms. The van der Waals surface area contributed by atoms with Crippen LogP contribution in [0.5, 0.6) is 0 Å². The van der Waals surface area contributed by atoms with Gasteiger partial charge < -0.3 is 10.1 Å². The van der Waals surface area contributed by atoms with Crippen molar-refractivity contribution >= 4 is 27.6 Å². The molecule has 1 amide bonds. The lowest BCUT2D eigenvalue weighted by Crippen LogP contribution is -2.41. The number of carbonyl (C=O) groups is 2. The van der Waals surface area contributed by atoms with E-state index in [1.165, 1.54) is 4.31 Å². The number of carbonyl (C=O) groups excluding carboxylic acids is 2. The van der Waals surface area contributed by atoms with Crippen LogP contribution in [0.4, 0.5) is 5.69 Å². The summed E-state index contributed by atoms with van der Waals surface area (Å²) in [5.41, 5.74) is 2.89. The second-order valence-electron chi connectivity index (χ2n) is 8.47. The number of anilines is 1. The van der Waals surface area contributed by atoms with E-state index in [1.54, 1.807) is 24.3 Å². The van der Waals surface area contributed by atoms with Crippen LogP contribution in [-0.4, -0.2) is 44.3 Å². The quantitative estimate of drug-likeness (QED) is 0.438. The van der Waals surface area contributed by atoms with E-state index in [2.05, 4.69) is 5.32 Å². The first kappa shape index (κ1) is 24.9. The number of hydrogen-bond acceptors (Lipinski definition) is 5. The number of ether oxygens (including phenoxy) is 1. The Balaban J connectivity index is 1.49. The molecule has 1 aliphatic heterocycles. The van der Waals surface area contributed by atoms with Crippen LogP contribution in [0.2, 0.25) is 0 Å². The molecule has 0 atom stereocenters. The minimum Gasteiger partial charge on any atom is -0.462 e. The molecule has 2 aromatic carbocycles. The van der Waals surface area contributed by atoms with Gasteiger partial charge in [-0.25, -0.2) is 17.5 Å². The summed E-state index contributed by atoms with van der Waals surface area (Å²) in [7, 11) is -3.42. The van der Waals surface area contributed by atoms with E-state index in [1.807, 2.05) is 38.1 Å². The lowest BCUT2D eigenvalue weighted by molar-refractivity contribution is -0.120. The van der Waals surface area contributed by atoms with Crippen LogP contribution in [0.15, 0.2) is 48.5 Å². The van der Waals surface area contributed by atoms with Crippen LogP contribution >= 0.6 is 0 Å². The number of aryl methyl sites for hydroxylation is 1.